The lowest BCUT2D eigenvalue weighted by atomic mass is 10.0. The predicted octanol–water partition coefficient (Wildman–Crippen LogP) is 24.1. The van der Waals surface area contributed by atoms with Crippen LogP contribution in [0.2, 0.25) is 0 Å². The smallest absolute Gasteiger partial charge is 0.306 e. The van der Waals surface area contributed by atoms with Crippen LogP contribution in [-0.4, -0.2) is 37.2 Å². The number of hydrogen-bond donors (Lipinski definition) is 0. The van der Waals surface area contributed by atoms with E-state index < -0.39 is 6.10 Å². The number of carbonyl (C=O) groups excluding carboxylic acids is 3. The van der Waals surface area contributed by atoms with Gasteiger partial charge in [-0.05, 0) is 89.9 Å². The van der Waals surface area contributed by atoms with E-state index in [1.165, 1.54) is 225 Å². The molecule has 80 heavy (non-hydrogen) atoms. The predicted molar refractivity (Wildman–Crippen MR) is 348 cm³/mol. The Hall–Kier alpha value is -3.15. The maximum absolute atomic E-state index is 12.9. The van der Waals surface area contributed by atoms with Crippen LogP contribution in [0.15, 0.2) is 72.9 Å². The standard InChI is InChI=1S/C74H132O6/c1-4-7-10-13-16-19-22-25-28-31-32-33-34-35-36-37-38-39-40-41-42-44-46-49-52-55-58-61-64-67-73(76)79-70-71(69-78-72(75)66-63-60-57-54-51-48-45-30-27-24-21-18-15-12-9-6-3)80-74(77)68-65-62-59-56-53-50-47-43-29-26-23-20-17-14-11-8-5-2/h7,10,16,19,25,28,30,32-33,35-36,45,71H,4-6,8-9,11-15,17-18,20-24,26-27,29,31,34,37-44,46-70H2,1-3H3/b10-7-,19-16-,28-25-,33-32-,36-35-,45-30-. The minimum atomic E-state index is -0.778. The van der Waals surface area contributed by atoms with Gasteiger partial charge in [0.2, 0.25) is 0 Å². The third kappa shape index (κ3) is 65.7. The van der Waals surface area contributed by atoms with Crippen molar-refractivity contribution in [2.24, 2.45) is 0 Å². The summed E-state index contributed by atoms with van der Waals surface area (Å²) in [6, 6.07) is 0. The summed E-state index contributed by atoms with van der Waals surface area (Å²) in [6.07, 6.45) is 89.2. The van der Waals surface area contributed by atoms with Crippen molar-refractivity contribution in [3.8, 4) is 0 Å². The van der Waals surface area contributed by atoms with Crippen molar-refractivity contribution in [3.05, 3.63) is 72.9 Å². The Morgan fingerprint density at radius 1 is 0.263 bits per heavy atom. The van der Waals surface area contributed by atoms with E-state index in [9.17, 15) is 14.4 Å². The van der Waals surface area contributed by atoms with Crippen LogP contribution in [0.1, 0.15) is 361 Å². The van der Waals surface area contributed by atoms with Gasteiger partial charge in [-0.25, -0.2) is 0 Å². The molecule has 464 valence electrons. The molecular weight excluding hydrogens is 985 g/mol. The van der Waals surface area contributed by atoms with Gasteiger partial charge < -0.3 is 14.2 Å². The van der Waals surface area contributed by atoms with Gasteiger partial charge in [-0.2, -0.15) is 0 Å². The van der Waals surface area contributed by atoms with Gasteiger partial charge in [0.15, 0.2) is 6.10 Å². The molecule has 0 aliphatic rings. The summed E-state index contributed by atoms with van der Waals surface area (Å²) in [4.78, 5) is 38.4. The van der Waals surface area contributed by atoms with E-state index in [2.05, 4.69) is 93.7 Å². The van der Waals surface area contributed by atoms with Gasteiger partial charge in [0.05, 0.1) is 0 Å². The van der Waals surface area contributed by atoms with Crippen molar-refractivity contribution in [3.63, 3.8) is 0 Å². The van der Waals surface area contributed by atoms with Crippen molar-refractivity contribution in [1.29, 1.82) is 0 Å². The zero-order valence-corrected chi connectivity index (χ0v) is 53.3. The molecule has 1 atom stereocenters. The molecule has 0 amide bonds. The van der Waals surface area contributed by atoms with Crippen LogP contribution in [0.25, 0.3) is 0 Å². The number of unbranched alkanes of at least 4 members (excludes halogenated alkanes) is 41. The van der Waals surface area contributed by atoms with Gasteiger partial charge in [0, 0.05) is 19.3 Å². The molecule has 0 aliphatic heterocycles. The maximum atomic E-state index is 12.9. The molecule has 0 saturated heterocycles. The summed E-state index contributed by atoms with van der Waals surface area (Å²) < 4.78 is 17.0. The fraction of sp³-hybridized carbons (Fsp3) is 0.797. The highest BCUT2D eigenvalue weighted by Crippen LogP contribution is 2.18. The van der Waals surface area contributed by atoms with Gasteiger partial charge in [-0.3, -0.25) is 14.4 Å². The average Bonchev–Trinajstić information content (AvgIpc) is 3.46. The number of rotatable bonds is 64. The van der Waals surface area contributed by atoms with Crippen molar-refractivity contribution in [1.82, 2.24) is 0 Å². The first-order valence-corrected chi connectivity index (χ1v) is 34.9. The zero-order valence-electron chi connectivity index (χ0n) is 53.3. The normalized spacial score (nSPS) is 12.5. The molecule has 0 N–H and O–H groups in total. The second kappa shape index (κ2) is 68.3. The summed E-state index contributed by atoms with van der Waals surface area (Å²) in [6.45, 7) is 6.57. The Labute approximate surface area is 497 Å². The lowest BCUT2D eigenvalue weighted by Gasteiger charge is -2.18. The minimum absolute atomic E-state index is 0.0739. The van der Waals surface area contributed by atoms with Crippen LogP contribution in [0.4, 0.5) is 0 Å². The van der Waals surface area contributed by atoms with Crippen LogP contribution < -0.4 is 0 Å². The largest absolute Gasteiger partial charge is 0.462 e. The topological polar surface area (TPSA) is 78.9 Å². The van der Waals surface area contributed by atoms with E-state index >= 15 is 0 Å². The van der Waals surface area contributed by atoms with Crippen LogP contribution >= 0.6 is 0 Å². The molecule has 0 radical (unpaired) electrons. The van der Waals surface area contributed by atoms with Crippen LogP contribution in [0.5, 0.6) is 0 Å². The van der Waals surface area contributed by atoms with E-state index in [4.69, 9.17) is 14.2 Å². The number of hydrogen-bond acceptors (Lipinski definition) is 6. The average molecular weight is 1120 g/mol. The highest BCUT2D eigenvalue weighted by molar-refractivity contribution is 5.71. The molecule has 6 nitrogen and oxygen atoms in total. The minimum Gasteiger partial charge on any atom is -0.462 e. The fourth-order valence-corrected chi connectivity index (χ4v) is 10.2. The van der Waals surface area contributed by atoms with Crippen LogP contribution in [0, 0.1) is 0 Å². The molecule has 0 heterocycles. The Morgan fingerprint density at radius 3 is 0.775 bits per heavy atom. The molecule has 0 rings (SSSR count). The Balaban J connectivity index is 4.26. The zero-order chi connectivity index (χ0) is 57.8. The first-order valence-electron chi connectivity index (χ1n) is 34.9. The van der Waals surface area contributed by atoms with E-state index in [-0.39, 0.29) is 31.1 Å². The molecule has 1 unspecified atom stereocenters. The molecule has 0 bridgehead atoms. The van der Waals surface area contributed by atoms with E-state index in [0.29, 0.717) is 19.3 Å². The van der Waals surface area contributed by atoms with E-state index in [0.717, 1.165) is 96.3 Å². The van der Waals surface area contributed by atoms with Crippen molar-refractivity contribution in [2.75, 3.05) is 13.2 Å². The van der Waals surface area contributed by atoms with Crippen molar-refractivity contribution >= 4 is 17.9 Å². The number of ether oxygens (including phenoxy) is 3. The number of allylic oxidation sites excluding steroid dienone is 12. The fourth-order valence-electron chi connectivity index (χ4n) is 10.2. The maximum Gasteiger partial charge on any atom is 0.306 e. The first-order chi connectivity index (χ1) is 39.5. The molecule has 0 aromatic carbocycles. The summed E-state index contributed by atoms with van der Waals surface area (Å²) in [5.41, 5.74) is 0. The Bertz CT molecular complexity index is 1470. The summed E-state index contributed by atoms with van der Waals surface area (Å²) >= 11 is 0. The van der Waals surface area contributed by atoms with Crippen LogP contribution in [0.3, 0.4) is 0 Å². The lowest BCUT2D eigenvalue weighted by molar-refractivity contribution is -0.167. The Morgan fingerprint density at radius 2 is 0.487 bits per heavy atom. The third-order valence-electron chi connectivity index (χ3n) is 15.4. The molecule has 0 spiro atoms. The van der Waals surface area contributed by atoms with Gasteiger partial charge in [0.1, 0.15) is 13.2 Å². The summed E-state index contributed by atoms with van der Waals surface area (Å²) in [5.74, 6) is -0.860. The molecule has 0 saturated carbocycles. The molecular formula is C74H132O6. The number of carbonyl (C=O) groups is 3. The second-order valence-electron chi connectivity index (χ2n) is 23.4. The molecule has 6 heteroatoms. The first kappa shape index (κ1) is 76.9. The van der Waals surface area contributed by atoms with E-state index in [1.54, 1.807) is 0 Å². The van der Waals surface area contributed by atoms with Crippen molar-refractivity contribution in [2.45, 2.75) is 367 Å². The highest BCUT2D eigenvalue weighted by atomic mass is 16.6. The molecule has 0 fully saturated rings. The molecule has 0 aliphatic carbocycles. The van der Waals surface area contributed by atoms with Crippen molar-refractivity contribution < 1.29 is 28.6 Å². The van der Waals surface area contributed by atoms with Gasteiger partial charge in [-0.1, -0.05) is 325 Å². The van der Waals surface area contributed by atoms with E-state index in [1.807, 2.05) is 0 Å². The highest BCUT2D eigenvalue weighted by Gasteiger charge is 2.19. The van der Waals surface area contributed by atoms with Gasteiger partial charge in [0.25, 0.3) is 0 Å². The molecule has 0 aromatic rings. The monoisotopic (exact) mass is 1120 g/mol. The molecule has 0 aromatic heterocycles. The van der Waals surface area contributed by atoms with Gasteiger partial charge in [-0.15, -0.1) is 0 Å². The number of esters is 3. The third-order valence-corrected chi connectivity index (χ3v) is 15.4. The van der Waals surface area contributed by atoms with Crippen LogP contribution in [-0.2, 0) is 28.6 Å². The summed E-state index contributed by atoms with van der Waals surface area (Å²) in [7, 11) is 0. The second-order valence-corrected chi connectivity index (χ2v) is 23.4. The van der Waals surface area contributed by atoms with Gasteiger partial charge >= 0.3 is 17.9 Å². The SMILES string of the molecule is CC/C=C\C/C=C\C/C=C\C/C=C\C/C=C\CCCCCCCCCCCCCCCC(=O)OCC(COC(=O)CCCCCCC/C=C\CCCCCCCCC)OC(=O)CCCCCCCCCCCCCCCCCCC. The lowest BCUT2D eigenvalue weighted by Crippen LogP contribution is -2.30. The summed E-state index contributed by atoms with van der Waals surface area (Å²) in [5, 5.41) is 0. The quantitative estimate of drug-likeness (QED) is 0.0261. The Kier molecular flexibility index (Phi) is 65.7.